The number of nitrogen functional groups attached to an aromatic ring is 1. The van der Waals surface area contributed by atoms with Gasteiger partial charge in [-0.2, -0.15) is 5.26 Å². The first-order chi connectivity index (χ1) is 9.15. The molecule has 0 unspecified atom stereocenters. The van der Waals surface area contributed by atoms with E-state index in [2.05, 4.69) is 25.2 Å². The number of hydrogen-bond acceptors (Lipinski definition) is 3. The van der Waals surface area contributed by atoms with E-state index in [-0.39, 0.29) is 0 Å². The predicted octanol–water partition coefficient (Wildman–Crippen LogP) is 4.16. The van der Waals surface area contributed by atoms with E-state index in [1.165, 1.54) is 25.7 Å². The highest BCUT2D eigenvalue weighted by molar-refractivity contribution is 5.72. The molecule has 1 aromatic carbocycles. The van der Waals surface area contributed by atoms with Crippen molar-refractivity contribution in [2.45, 2.75) is 46.0 Å². The van der Waals surface area contributed by atoms with E-state index in [4.69, 9.17) is 11.0 Å². The van der Waals surface area contributed by atoms with Crippen molar-refractivity contribution in [3.05, 3.63) is 23.8 Å². The van der Waals surface area contributed by atoms with Gasteiger partial charge >= 0.3 is 0 Å². The van der Waals surface area contributed by atoms with Gasteiger partial charge in [0.2, 0.25) is 0 Å². The molecule has 19 heavy (non-hydrogen) atoms. The molecule has 3 N–H and O–H groups in total. The molecule has 0 saturated heterocycles. The molecule has 104 valence electrons. The van der Waals surface area contributed by atoms with Crippen LogP contribution in [0, 0.1) is 17.2 Å². The number of rotatable bonds is 8. The van der Waals surface area contributed by atoms with Crippen molar-refractivity contribution in [1.82, 2.24) is 0 Å². The van der Waals surface area contributed by atoms with Gasteiger partial charge in [0.25, 0.3) is 0 Å². The molecule has 0 amide bonds. The molecule has 0 saturated carbocycles. The number of hydrogen-bond donors (Lipinski definition) is 2. The van der Waals surface area contributed by atoms with Crippen LogP contribution in [0.3, 0.4) is 0 Å². The maximum atomic E-state index is 8.90. The summed E-state index contributed by atoms with van der Waals surface area (Å²) in [7, 11) is 0. The average Bonchev–Trinajstić information content (AvgIpc) is 2.39. The van der Waals surface area contributed by atoms with E-state index in [1.807, 2.05) is 12.1 Å². The minimum Gasteiger partial charge on any atom is -0.396 e. The summed E-state index contributed by atoms with van der Waals surface area (Å²) < 4.78 is 0. The second-order valence-corrected chi connectivity index (χ2v) is 5.40. The zero-order valence-corrected chi connectivity index (χ0v) is 12.1. The molecular formula is C16H25N3. The number of anilines is 2. The van der Waals surface area contributed by atoms with Gasteiger partial charge in [-0.1, -0.05) is 45.6 Å². The lowest BCUT2D eigenvalue weighted by atomic mass is 10.0. The van der Waals surface area contributed by atoms with Crippen molar-refractivity contribution in [2.75, 3.05) is 17.6 Å². The first-order valence-corrected chi connectivity index (χ1v) is 7.17. The van der Waals surface area contributed by atoms with E-state index in [1.54, 1.807) is 6.07 Å². The van der Waals surface area contributed by atoms with Crippen molar-refractivity contribution >= 4 is 11.4 Å². The number of nitrogens with one attached hydrogen (secondary N) is 1. The lowest BCUT2D eigenvalue weighted by Crippen LogP contribution is -2.05. The summed E-state index contributed by atoms with van der Waals surface area (Å²) >= 11 is 0. The molecule has 0 heterocycles. The Morgan fingerprint density at radius 3 is 2.63 bits per heavy atom. The maximum absolute atomic E-state index is 8.90. The highest BCUT2D eigenvalue weighted by atomic mass is 14.9. The van der Waals surface area contributed by atoms with Crippen LogP contribution in [-0.2, 0) is 0 Å². The Hall–Kier alpha value is -1.69. The summed E-state index contributed by atoms with van der Waals surface area (Å²) in [6.45, 7) is 5.46. The molecule has 0 aliphatic carbocycles. The second-order valence-electron chi connectivity index (χ2n) is 5.40. The van der Waals surface area contributed by atoms with Crippen molar-refractivity contribution in [1.29, 1.82) is 5.26 Å². The van der Waals surface area contributed by atoms with Crippen molar-refractivity contribution in [2.24, 2.45) is 5.92 Å². The van der Waals surface area contributed by atoms with Crippen molar-refractivity contribution in [3.63, 3.8) is 0 Å². The van der Waals surface area contributed by atoms with Crippen LogP contribution in [0.5, 0.6) is 0 Å². The Labute approximate surface area is 116 Å². The second kappa shape index (κ2) is 8.42. The van der Waals surface area contributed by atoms with Crippen LogP contribution in [-0.4, -0.2) is 6.54 Å². The van der Waals surface area contributed by atoms with Crippen LogP contribution in [0.1, 0.15) is 51.5 Å². The highest BCUT2D eigenvalue weighted by Crippen LogP contribution is 2.22. The lowest BCUT2D eigenvalue weighted by Gasteiger charge is -2.10. The molecule has 0 fully saturated rings. The third-order valence-electron chi connectivity index (χ3n) is 3.25. The predicted molar refractivity (Wildman–Crippen MR) is 82.0 cm³/mol. The van der Waals surface area contributed by atoms with Gasteiger partial charge in [-0.15, -0.1) is 0 Å². The Balaban J connectivity index is 2.22. The van der Waals surface area contributed by atoms with E-state index in [0.29, 0.717) is 11.3 Å². The van der Waals surface area contributed by atoms with Gasteiger partial charge in [-0.25, -0.2) is 0 Å². The van der Waals surface area contributed by atoms with Crippen LogP contribution >= 0.6 is 0 Å². The number of nitrogens with zero attached hydrogens (tertiary/aromatic N) is 1. The summed E-state index contributed by atoms with van der Waals surface area (Å²) in [4.78, 5) is 0. The molecular weight excluding hydrogens is 234 g/mol. The van der Waals surface area contributed by atoms with Crippen LogP contribution in [0.25, 0.3) is 0 Å². The van der Waals surface area contributed by atoms with E-state index < -0.39 is 0 Å². The van der Waals surface area contributed by atoms with Gasteiger partial charge < -0.3 is 11.1 Å². The number of nitriles is 1. The molecule has 0 aliphatic rings. The normalized spacial score (nSPS) is 10.4. The van der Waals surface area contributed by atoms with E-state index in [9.17, 15) is 0 Å². The highest BCUT2D eigenvalue weighted by Gasteiger charge is 2.03. The summed E-state index contributed by atoms with van der Waals surface area (Å²) in [5, 5.41) is 12.2. The average molecular weight is 259 g/mol. The summed E-state index contributed by atoms with van der Waals surface area (Å²) in [5.41, 5.74) is 7.88. The van der Waals surface area contributed by atoms with Gasteiger partial charge in [-0.05, 0) is 24.5 Å². The fourth-order valence-corrected chi connectivity index (χ4v) is 2.07. The van der Waals surface area contributed by atoms with Crippen molar-refractivity contribution < 1.29 is 0 Å². The van der Waals surface area contributed by atoms with Crippen LogP contribution in [0.15, 0.2) is 18.2 Å². The zero-order chi connectivity index (χ0) is 14.1. The smallest absolute Gasteiger partial charge is 0.101 e. The first-order valence-electron chi connectivity index (χ1n) is 7.17. The largest absolute Gasteiger partial charge is 0.396 e. The lowest BCUT2D eigenvalue weighted by molar-refractivity contribution is 0.523. The standard InChI is InChI=1S/C16H25N3/c1-13(2)8-5-3-4-6-11-19-15-10-7-9-14(12-17)16(15)18/h7,9-10,13,19H,3-6,8,11,18H2,1-2H3. The van der Waals surface area contributed by atoms with Crippen LogP contribution in [0.4, 0.5) is 11.4 Å². The fraction of sp³-hybridized carbons (Fsp3) is 0.562. The fourth-order valence-electron chi connectivity index (χ4n) is 2.07. The molecule has 0 aromatic heterocycles. The molecule has 1 rings (SSSR count). The number of unbranched alkanes of at least 4 members (excludes halogenated alkanes) is 3. The van der Waals surface area contributed by atoms with Gasteiger partial charge in [0, 0.05) is 6.54 Å². The molecule has 1 aromatic rings. The van der Waals surface area contributed by atoms with Gasteiger partial charge in [0.1, 0.15) is 6.07 Å². The molecule has 0 spiro atoms. The number of para-hydroxylation sites is 1. The topological polar surface area (TPSA) is 61.8 Å². The Morgan fingerprint density at radius 1 is 1.21 bits per heavy atom. The number of nitrogens with two attached hydrogens (primary N) is 1. The van der Waals surface area contributed by atoms with Gasteiger partial charge in [-0.3, -0.25) is 0 Å². The molecule has 0 atom stereocenters. The molecule has 3 nitrogen and oxygen atoms in total. The Kier molecular flexibility index (Phi) is 6.81. The summed E-state index contributed by atoms with van der Waals surface area (Å²) in [6.07, 6.45) is 6.34. The van der Waals surface area contributed by atoms with Crippen LogP contribution in [0.2, 0.25) is 0 Å². The Bertz CT molecular complexity index is 418. The number of benzene rings is 1. The molecule has 0 radical (unpaired) electrons. The summed E-state index contributed by atoms with van der Waals surface area (Å²) in [5.74, 6) is 0.812. The SMILES string of the molecule is CC(C)CCCCCCNc1cccc(C#N)c1N. The third-order valence-corrected chi connectivity index (χ3v) is 3.25. The minimum absolute atomic E-state index is 0.543. The minimum atomic E-state index is 0.543. The Morgan fingerprint density at radius 2 is 1.95 bits per heavy atom. The third kappa shape index (κ3) is 5.65. The van der Waals surface area contributed by atoms with Gasteiger partial charge in [0.05, 0.1) is 16.9 Å². The molecule has 0 aliphatic heterocycles. The quantitative estimate of drug-likeness (QED) is 0.544. The van der Waals surface area contributed by atoms with E-state index in [0.717, 1.165) is 24.6 Å². The molecule has 0 bridgehead atoms. The maximum Gasteiger partial charge on any atom is 0.101 e. The first kappa shape index (κ1) is 15.4. The van der Waals surface area contributed by atoms with E-state index >= 15 is 0 Å². The van der Waals surface area contributed by atoms with Gasteiger partial charge in [0.15, 0.2) is 0 Å². The zero-order valence-electron chi connectivity index (χ0n) is 12.1. The monoisotopic (exact) mass is 259 g/mol. The van der Waals surface area contributed by atoms with Crippen LogP contribution < -0.4 is 11.1 Å². The van der Waals surface area contributed by atoms with Crippen molar-refractivity contribution in [3.8, 4) is 6.07 Å². The molecule has 3 heteroatoms. The summed E-state index contributed by atoms with van der Waals surface area (Å²) in [6, 6.07) is 7.63.